The zero-order chi connectivity index (χ0) is 22.7. The second-order valence-corrected chi connectivity index (χ2v) is 9.45. The highest BCUT2D eigenvalue weighted by atomic mass is 16.5. The first-order valence-corrected chi connectivity index (χ1v) is 11.6. The van der Waals surface area contributed by atoms with Gasteiger partial charge in [-0.1, -0.05) is 26.2 Å². The van der Waals surface area contributed by atoms with E-state index in [2.05, 4.69) is 46.2 Å². The van der Waals surface area contributed by atoms with Crippen LogP contribution in [-0.4, -0.2) is 43.2 Å². The molecule has 2 aromatic heterocycles. The Labute approximate surface area is 189 Å². The summed E-state index contributed by atoms with van der Waals surface area (Å²) in [4.78, 5) is 18.4. The lowest BCUT2D eigenvalue weighted by molar-refractivity contribution is 0.129. The second kappa shape index (κ2) is 9.40. The monoisotopic (exact) mass is 438 g/mol. The van der Waals surface area contributed by atoms with Gasteiger partial charge < -0.3 is 9.72 Å². The standard InChI is InChI=1S/C24H34N6O2/c1-5-24(2,3)30-22(26-27-28-30)16-29(19-9-7-6-8-10-19)15-18-13-17-14-20(32-4)11-12-21(17)25-23(18)31/h11-14,19H,5-10,15-16H2,1-4H3,(H,25,31). The Kier molecular flexibility index (Phi) is 6.60. The number of pyridine rings is 1. The molecule has 1 N–H and O–H groups in total. The Bertz CT molecular complexity index is 1110. The third kappa shape index (κ3) is 4.70. The summed E-state index contributed by atoms with van der Waals surface area (Å²) in [5.41, 5.74) is 1.37. The number of nitrogens with one attached hydrogen (secondary N) is 1. The van der Waals surface area contributed by atoms with Crippen LogP contribution in [0.15, 0.2) is 29.1 Å². The number of hydrogen-bond donors (Lipinski definition) is 1. The van der Waals surface area contributed by atoms with E-state index >= 15 is 0 Å². The lowest BCUT2D eigenvalue weighted by Gasteiger charge is -2.34. The molecule has 1 fully saturated rings. The topological polar surface area (TPSA) is 88.9 Å². The Morgan fingerprint density at radius 3 is 2.69 bits per heavy atom. The molecule has 0 atom stereocenters. The van der Waals surface area contributed by atoms with Crippen molar-refractivity contribution in [1.29, 1.82) is 0 Å². The van der Waals surface area contributed by atoms with Crippen LogP contribution in [0.5, 0.6) is 5.75 Å². The van der Waals surface area contributed by atoms with Crippen LogP contribution in [-0.2, 0) is 18.6 Å². The third-order valence-electron chi connectivity index (χ3n) is 6.91. The molecule has 8 heteroatoms. The van der Waals surface area contributed by atoms with E-state index in [0.717, 1.165) is 47.3 Å². The molecule has 1 saturated carbocycles. The summed E-state index contributed by atoms with van der Waals surface area (Å²) >= 11 is 0. The molecule has 1 aliphatic carbocycles. The van der Waals surface area contributed by atoms with E-state index in [-0.39, 0.29) is 11.1 Å². The number of tetrazole rings is 1. The maximum atomic E-state index is 12.9. The van der Waals surface area contributed by atoms with Gasteiger partial charge in [0.2, 0.25) is 0 Å². The zero-order valence-electron chi connectivity index (χ0n) is 19.6. The fourth-order valence-corrected chi connectivity index (χ4v) is 4.56. The average molecular weight is 439 g/mol. The highest BCUT2D eigenvalue weighted by molar-refractivity contribution is 5.80. The fourth-order valence-electron chi connectivity index (χ4n) is 4.56. The van der Waals surface area contributed by atoms with Crippen molar-refractivity contribution in [1.82, 2.24) is 30.1 Å². The van der Waals surface area contributed by atoms with Crippen molar-refractivity contribution in [3.8, 4) is 5.75 Å². The van der Waals surface area contributed by atoms with E-state index in [1.54, 1.807) is 7.11 Å². The average Bonchev–Trinajstić information content (AvgIpc) is 3.28. The first-order chi connectivity index (χ1) is 15.4. The van der Waals surface area contributed by atoms with Crippen LogP contribution < -0.4 is 10.3 Å². The predicted molar refractivity (Wildman–Crippen MR) is 125 cm³/mol. The van der Waals surface area contributed by atoms with Gasteiger partial charge in [0.1, 0.15) is 5.75 Å². The number of fused-ring (bicyclic) bond motifs is 1. The van der Waals surface area contributed by atoms with Gasteiger partial charge in [-0.2, -0.15) is 0 Å². The van der Waals surface area contributed by atoms with Gasteiger partial charge >= 0.3 is 0 Å². The Hall–Kier alpha value is -2.74. The normalized spacial score (nSPS) is 15.5. The molecule has 0 amide bonds. The van der Waals surface area contributed by atoms with Crippen molar-refractivity contribution in [3.63, 3.8) is 0 Å². The van der Waals surface area contributed by atoms with Crippen molar-refractivity contribution < 1.29 is 4.74 Å². The molecule has 0 spiro atoms. The molecule has 4 rings (SSSR count). The third-order valence-corrected chi connectivity index (χ3v) is 6.91. The largest absolute Gasteiger partial charge is 0.497 e. The molecule has 32 heavy (non-hydrogen) atoms. The molecular formula is C24H34N6O2. The minimum atomic E-state index is -0.159. The van der Waals surface area contributed by atoms with Crippen molar-refractivity contribution in [2.24, 2.45) is 0 Å². The molecule has 2 heterocycles. The van der Waals surface area contributed by atoms with Crippen LogP contribution in [0.1, 0.15) is 70.7 Å². The lowest BCUT2D eigenvalue weighted by atomic mass is 9.93. The second-order valence-electron chi connectivity index (χ2n) is 9.45. The quantitative estimate of drug-likeness (QED) is 0.572. The Balaban J connectivity index is 1.67. The van der Waals surface area contributed by atoms with Gasteiger partial charge in [0.05, 0.1) is 19.2 Å². The summed E-state index contributed by atoms with van der Waals surface area (Å²) < 4.78 is 7.31. The highest BCUT2D eigenvalue weighted by Gasteiger charge is 2.28. The summed E-state index contributed by atoms with van der Waals surface area (Å²) in [7, 11) is 1.65. The van der Waals surface area contributed by atoms with Crippen molar-refractivity contribution in [2.75, 3.05) is 7.11 Å². The molecule has 1 aliphatic rings. The minimum absolute atomic E-state index is 0.0445. The van der Waals surface area contributed by atoms with Crippen molar-refractivity contribution >= 4 is 10.9 Å². The van der Waals surface area contributed by atoms with E-state index in [4.69, 9.17) is 4.74 Å². The number of aromatic amines is 1. The molecular weight excluding hydrogens is 404 g/mol. The fraction of sp³-hybridized carbons (Fsp3) is 0.583. The van der Waals surface area contributed by atoms with Crippen molar-refractivity contribution in [2.45, 2.75) is 84.0 Å². The van der Waals surface area contributed by atoms with Crippen LogP contribution >= 0.6 is 0 Å². The number of aromatic nitrogens is 5. The van der Waals surface area contributed by atoms with Gasteiger partial charge in [-0.25, -0.2) is 4.68 Å². The predicted octanol–water partition coefficient (Wildman–Crippen LogP) is 4.00. The molecule has 3 aromatic rings. The minimum Gasteiger partial charge on any atom is -0.497 e. The molecule has 0 bridgehead atoms. The number of rotatable bonds is 8. The highest BCUT2D eigenvalue weighted by Crippen LogP contribution is 2.27. The van der Waals surface area contributed by atoms with E-state index < -0.39 is 0 Å². The van der Waals surface area contributed by atoms with Crippen LogP contribution in [0.3, 0.4) is 0 Å². The molecule has 0 saturated heterocycles. The maximum absolute atomic E-state index is 12.9. The van der Waals surface area contributed by atoms with Gasteiger partial charge in [-0.05, 0) is 67.8 Å². The van der Waals surface area contributed by atoms with Crippen molar-refractivity contribution in [3.05, 3.63) is 46.0 Å². The number of benzene rings is 1. The molecule has 172 valence electrons. The SMILES string of the molecule is CCC(C)(C)n1nnnc1CN(Cc1cc2cc(OC)ccc2[nH]c1=O)C1CCCCC1. The summed E-state index contributed by atoms with van der Waals surface area (Å²) in [6, 6.07) is 8.12. The van der Waals surface area contributed by atoms with Crippen LogP contribution in [0.2, 0.25) is 0 Å². The Morgan fingerprint density at radius 1 is 1.19 bits per heavy atom. The molecule has 0 aliphatic heterocycles. The van der Waals surface area contributed by atoms with Crippen LogP contribution in [0, 0.1) is 0 Å². The lowest BCUT2D eigenvalue weighted by Crippen LogP contribution is -2.39. The zero-order valence-corrected chi connectivity index (χ0v) is 19.6. The summed E-state index contributed by atoms with van der Waals surface area (Å²) in [6.45, 7) is 7.63. The number of H-pyrrole nitrogens is 1. The van der Waals surface area contributed by atoms with E-state index in [1.165, 1.54) is 19.3 Å². The maximum Gasteiger partial charge on any atom is 0.252 e. The smallest absolute Gasteiger partial charge is 0.252 e. The van der Waals surface area contributed by atoms with Crippen LogP contribution in [0.4, 0.5) is 0 Å². The van der Waals surface area contributed by atoms with Gasteiger partial charge in [0.15, 0.2) is 5.82 Å². The molecule has 8 nitrogen and oxygen atoms in total. The first-order valence-electron chi connectivity index (χ1n) is 11.6. The van der Waals surface area contributed by atoms with Gasteiger partial charge in [0.25, 0.3) is 5.56 Å². The number of hydrogen-bond acceptors (Lipinski definition) is 6. The first kappa shape index (κ1) is 22.5. The van der Waals surface area contributed by atoms with E-state index in [0.29, 0.717) is 19.1 Å². The Morgan fingerprint density at radius 2 is 1.97 bits per heavy atom. The van der Waals surface area contributed by atoms with Gasteiger partial charge in [-0.3, -0.25) is 9.69 Å². The summed E-state index contributed by atoms with van der Waals surface area (Å²) in [6.07, 6.45) is 6.92. The molecule has 0 radical (unpaired) electrons. The van der Waals surface area contributed by atoms with Gasteiger partial charge in [-0.15, -0.1) is 5.10 Å². The molecule has 0 unspecified atom stereocenters. The van der Waals surface area contributed by atoms with E-state index in [1.807, 2.05) is 28.9 Å². The summed E-state index contributed by atoms with van der Waals surface area (Å²) in [5, 5.41) is 13.6. The summed E-state index contributed by atoms with van der Waals surface area (Å²) in [5.74, 6) is 1.63. The van der Waals surface area contributed by atoms with E-state index in [9.17, 15) is 4.79 Å². The number of ether oxygens (including phenoxy) is 1. The number of methoxy groups -OCH3 is 1. The molecule has 1 aromatic carbocycles. The van der Waals surface area contributed by atoms with Crippen LogP contribution in [0.25, 0.3) is 10.9 Å². The van der Waals surface area contributed by atoms with Gasteiger partial charge in [0, 0.05) is 29.1 Å². The number of nitrogens with zero attached hydrogens (tertiary/aromatic N) is 5.